The minimum absolute atomic E-state index is 0.0798. The Bertz CT molecular complexity index is 876. The van der Waals surface area contributed by atoms with E-state index in [2.05, 4.69) is 15.4 Å². The van der Waals surface area contributed by atoms with Crippen molar-refractivity contribution >= 4 is 34.4 Å². The van der Waals surface area contributed by atoms with E-state index in [9.17, 15) is 22.8 Å². The smallest absolute Gasteiger partial charge is 0.378 e. The number of hydrogen-bond donors (Lipinski definition) is 2. The van der Waals surface area contributed by atoms with Gasteiger partial charge < -0.3 is 11.1 Å². The molecular weight excluding hydrogens is 371 g/mol. The van der Waals surface area contributed by atoms with Crippen LogP contribution < -0.4 is 11.1 Å². The van der Waals surface area contributed by atoms with Crippen LogP contribution in [0.25, 0.3) is 5.69 Å². The van der Waals surface area contributed by atoms with Crippen LogP contribution in [0.15, 0.2) is 41.5 Å². The second-order valence-electron chi connectivity index (χ2n) is 5.34. The summed E-state index contributed by atoms with van der Waals surface area (Å²) in [6.07, 6.45) is -3.39. The van der Waals surface area contributed by atoms with Gasteiger partial charge in [0.2, 0.25) is 5.91 Å². The predicted molar refractivity (Wildman–Crippen MR) is 89.8 cm³/mol. The summed E-state index contributed by atoms with van der Waals surface area (Å²) >= 11 is 1.03. The summed E-state index contributed by atoms with van der Waals surface area (Å²) in [6, 6.07) is 6.95. The van der Waals surface area contributed by atoms with Crippen LogP contribution in [0.1, 0.15) is 12.1 Å². The first-order valence-electron chi connectivity index (χ1n) is 7.30. The number of carbonyl (C=O) groups excluding carboxylic acids is 2. The minimum atomic E-state index is -4.51. The molecular formula is C15H12F3N5O2S. The van der Waals surface area contributed by atoms with E-state index in [-0.39, 0.29) is 11.6 Å². The van der Waals surface area contributed by atoms with Crippen LogP contribution in [0.3, 0.4) is 0 Å². The zero-order chi connectivity index (χ0) is 18.9. The van der Waals surface area contributed by atoms with Gasteiger partial charge in [-0.25, -0.2) is 4.68 Å². The van der Waals surface area contributed by atoms with E-state index in [4.69, 9.17) is 5.73 Å². The van der Waals surface area contributed by atoms with Gasteiger partial charge in [-0.3, -0.25) is 9.59 Å². The van der Waals surface area contributed by atoms with Crippen molar-refractivity contribution in [1.82, 2.24) is 9.78 Å². The second-order valence-corrected chi connectivity index (χ2v) is 6.56. The number of nitrogens with two attached hydrogens (primary N) is 1. The normalized spacial score (nSPS) is 17.3. The molecule has 1 aliphatic rings. The Balaban J connectivity index is 1.62. The van der Waals surface area contributed by atoms with E-state index in [0.29, 0.717) is 11.4 Å². The Labute approximate surface area is 149 Å². The van der Waals surface area contributed by atoms with Gasteiger partial charge in [-0.1, -0.05) is 11.8 Å². The predicted octanol–water partition coefficient (Wildman–Crippen LogP) is 2.18. The van der Waals surface area contributed by atoms with Crippen molar-refractivity contribution < 1.29 is 22.8 Å². The number of nitrogens with zero attached hydrogens (tertiary/aromatic N) is 3. The highest BCUT2D eigenvalue weighted by Gasteiger charge is 2.33. The van der Waals surface area contributed by atoms with E-state index >= 15 is 0 Å². The fraction of sp³-hybridized carbons (Fsp3) is 0.200. The minimum Gasteiger partial charge on any atom is -0.378 e. The average molecular weight is 383 g/mol. The molecule has 1 aromatic carbocycles. The third-order valence-corrected chi connectivity index (χ3v) is 4.41. The summed E-state index contributed by atoms with van der Waals surface area (Å²) in [5.74, 6) is -0.843. The number of aromatic nitrogens is 2. The summed E-state index contributed by atoms with van der Waals surface area (Å²) in [5, 5.41) is 5.57. The number of anilines is 1. The van der Waals surface area contributed by atoms with Crippen LogP contribution in [0, 0.1) is 0 Å². The highest BCUT2D eigenvalue weighted by molar-refractivity contribution is 8.15. The Kier molecular flexibility index (Phi) is 4.72. The summed E-state index contributed by atoms with van der Waals surface area (Å²) in [4.78, 5) is 27.0. The fourth-order valence-electron chi connectivity index (χ4n) is 2.23. The van der Waals surface area contributed by atoms with Gasteiger partial charge in [0.25, 0.3) is 5.91 Å². The van der Waals surface area contributed by atoms with Gasteiger partial charge >= 0.3 is 6.18 Å². The first kappa shape index (κ1) is 18.0. The quantitative estimate of drug-likeness (QED) is 0.843. The molecule has 0 saturated heterocycles. The highest BCUT2D eigenvalue weighted by atomic mass is 32.2. The largest absolute Gasteiger partial charge is 0.435 e. The molecule has 2 amide bonds. The molecule has 0 spiro atoms. The van der Waals surface area contributed by atoms with Crippen LogP contribution in [0.5, 0.6) is 0 Å². The van der Waals surface area contributed by atoms with Crippen molar-refractivity contribution in [2.75, 3.05) is 5.32 Å². The van der Waals surface area contributed by atoms with E-state index in [1.165, 1.54) is 30.5 Å². The van der Waals surface area contributed by atoms with E-state index in [1.807, 2.05) is 0 Å². The van der Waals surface area contributed by atoms with Crippen molar-refractivity contribution in [3.8, 4) is 5.69 Å². The molecule has 0 saturated carbocycles. The van der Waals surface area contributed by atoms with Crippen LogP contribution in [0.2, 0.25) is 0 Å². The molecule has 3 rings (SSSR count). The van der Waals surface area contributed by atoms with Crippen molar-refractivity contribution in [2.45, 2.75) is 17.8 Å². The zero-order valence-corrected chi connectivity index (χ0v) is 13.8. The molecule has 3 N–H and O–H groups in total. The van der Waals surface area contributed by atoms with E-state index in [0.717, 1.165) is 22.5 Å². The van der Waals surface area contributed by atoms with Crippen LogP contribution >= 0.6 is 11.8 Å². The van der Waals surface area contributed by atoms with Crippen molar-refractivity contribution in [3.63, 3.8) is 0 Å². The maximum absolute atomic E-state index is 12.6. The third-order valence-electron chi connectivity index (χ3n) is 3.42. The molecule has 0 fully saturated rings. The molecule has 2 aromatic rings. The number of alkyl halides is 3. The van der Waals surface area contributed by atoms with Crippen LogP contribution in [0.4, 0.5) is 18.9 Å². The number of carbonyl (C=O) groups is 2. The van der Waals surface area contributed by atoms with Crippen LogP contribution in [-0.2, 0) is 15.8 Å². The standard InChI is InChI=1S/C15H12F3N5O2S/c16-15(17,18)11-5-6-23(22-11)9-3-1-8(2-4-9)20-12(24)7-10-13(25)21-14(19)26-10/h1-6,10H,7H2,(H,20,24)(H2,19,21,25). The molecule has 0 aliphatic carbocycles. The molecule has 7 nitrogen and oxygen atoms in total. The number of thioether (sulfide) groups is 1. The van der Waals surface area contributed by atoms with Gasteiger partial charge in [0.15, 0.2) is 10.9 Å². The summed E-state index contributed by atoms with van der Waals surface area (Å²) in [5.41, 5.74) is 5.28. The van der Waals surface area contributed by atoms with Crippen molar-refractivity contribution in [2.24, 2.45) is 10.7 Å². The number of aliphatic imine (C=N–C) groups is 1. The van der Waals surface area contributed by atoms with Gasteiger partial charge in [0.05, 0.1) is 5.69 Å². The Morgan fingerprint density at radius 1 is 1.27 bits per heavy atom. The number of rotatable bonds is 4. The number of hydrogen-bond acceptors (Lipinski definition) is 5. The molecule has 136 valence electrons. The van der Waals surface area contributed by atoms with E-state index in [1.54, 1.807) is 0 Å². The van der Waals surface area contributed by atoms with Gasteiger partial charge in [0.1, 0.15) is 5.25 Å². The molecule has 0 bridgehead atoms. The summed E-state index contributed by atoms with van der Waals surface area (Å²) in [7, 11) is 0. The lowest BCUT2D eigenvalue weighted by Gasteiger charge is -2.09. The number of benzene rings is 1. The monoisotopic (exact) mass is 383 g/mol. The summed E-state index contributed by atoms with van der Waals surface area (Å²) < 4.78 is 38.8. The second kappa shape index (κ2) is 6.83. The van der Waals surface area contributed by atoms with Gasteiger partial charge in [-0.2, -0.15) is 23.3 Å². The Morgan fingerprint density at radius 2 is 1.96 bits per heavy atom. The maximum Gasteiger partial charge on any atom is 0.435 e. The maximum atomic E-state index is 12.6. The highest BCUT2D eigenvalue weighted by Crippen LogP contribution is 2.28. The number of amidine groups is 1. The lowest BCUT2D eigenvalue weighted by atomic mass is 10.2. The number of nitrogens with one attached hydrogen (secondary N) is 1. The fourth-order valence-corrected chi connectivity index (χ4v) is 3.05. The first-order valence-corrected chi connectivity index (χ1v) is 8.18. The summed E-state index contributed by atoms with van der Waals surface area (Å²) in [6.45, 7) is 0. The van der Waals surface area contributed by atoms with Gasteiger partial charge in [-0.15, -0.1) is 0 Å². The molecule has 0 radical (unpaired) electrons. The molecule has 2 heterocycles. The SMILES string of the molecule is NC1=NC(=O)C(CC(=O)Nc2ccc(-n3ccc(C(F)(F)F)n3)cc2)S1. The first-order chi connectivity index (χ1) is 12.2. The molecule has 1 atom stereocenters. The third kappa shape index (κ3) is 4.04. The van der Waals surface area contributed by atoms with Crippen molar-refractivity contribution in [3.05, 3.63) is 42.2 Å². The zero-order valence-electron chi connectivity index (χ0n) is 13.0. The van der Waals surface area contributed by atoms with E-state index < -0.39 is 28.9 Å². The molecule has 1 aromatic heterocycles. The lowest BCUT2D eigenvalue weighted by molar-refractivity contribution is -0.141. The van der Waals surface area contributed by atoms with Crippen LogP contribution in [-0.4, -0.2) is 32.0 Å². The molecule has 1 unspecified atom stereocenters. The van der Waals surface area contributed by atoms with Crippen molar-refractivity contribution in [1.29, 1.82) is 0 Å². The number of halogens is 3. The van der Waals surface area contributed by atoms with Gasteiger partial charge in [0, 0.05) is 18.3 Å². The molecule has 1 aliphatic heterocycles. The number of amides is 2. The molecule has 11 heteroatoms. The molecule has 26 heavy (non-hydrogen) atoms. The Hall–Kier alpha value is -2.82. The van der Waals surface area contributed by atoms with Gasteiger partial charge in [-0.05, 0) is 30.3 Å². The Morgan fingerprint density at radius 3 is 2.50 bits per heavy atom. The lowest BCUT2D eigenvalue weighted by Crippen LogP contribution is -2.21. The topological polar surface area (TPSA) is 102 Å². The average Bonchev–Trinajstić information content (AvgIpc) is 3.15.